The van der Waals surface area contributed by atoms with Crippen molar-refractivity contribution < 1.29 is 14.3 Å². The molecule has 0 bridgehead atoms. The number of benzene rings is 1. The van der Waals surface area contributed by atoms with Crippen molar-refractivity contribution in [2.75, 3.05) is 40.4 Å². The fourth-order valence-corrected chi connectivity index (χ4v) is 5.17. The molecule has 4 aliphatic rings. The fourth-order valence-electron chi connectivity index (χ4n) is 5.17. The molecule has 2 saturated heterocycles. The summed E-state index contributed by atoms with van der Waals surface area (Å²) in [5, 5.41) is 0. The molecule has 4 heterocycles. The maximum absolute atomic E-state index is 13.1. The molecule has 0 aliphatic carbocycles. The zero-order valence-electron chi connectivity index (χ0n) is 18.5. The van der Waals surface area contributed by atoms with Gasteiger partial charge in [-0.05, 0) is 55.7 Å². The molecule has 0 radical (unpaired) electrons. The van der Waals surface area contributed by atoms with Gasteiger partial charge in [0.1, 0.15) is 5.84 Å². The predicted molar refractivity (Wildman–Crippen MR) is 119 cm³/mol. The zero-order chi connectivity index (χ0) is 21.5. The first-order valence-corrected chi connectivity index (χ1v) is 11.1. The third kappa shape index (κ3) is 3.61. The summed E-state index contributed by atoms with van der Waals surface area (Å²) in [5.41, 5.74) is 3.11. The summed E-state index contributed by atoms with van der Waals surface area (Å²) >= 11 is 0. The minimum absolute atomic E-state index is 0.0780. The van der Waals surface area contributed by atoms with E-state index in [9.17, 15) is 4.79 Å². The maximum Gasteiger partial charge on any atom is 0.234 e. The van der Waals surface area contributed by atoms with Crippen molar-refractivity contribution in [3.63, 3.8) is 0 Å². The highest BCUT2D eigenvalue weighted by Crippen LogP contribution is 2.36. The molecule has 7 nitrogen and oxygen atoms in total. The maximum atomic E-state index is 13.1. The Labute approximate surface area is 183 Å². The van der Waals surface area contributed by atoms with Crippen molar-refractivity contribution in [3.8, 4) is 11.5 Å². The second kappa shape index (κ2) is 8.04. The number of nitrogens with zero attached hydrogens (tertiary/aromatic N) is 4. The molecule has 5 rings (SSSR count). The normalized spacial score (nSPS) is 26.0. The number of methoxy groups -OCH3 is 2. The van der Waals surface area contributed by atoms with Crippen LogP contribution in [0.1, 0.15) is 37.8 Å². The number of ether oxygens (including phenoxy) is 2. The quantitative estimate of drug-likeness (QED) is 0.747. The summed E-state index contributed by atoms with van der Waals surface area (Å²) in [4.78, 5) is 24.9. The van der Waals surface area contributed by atoms with Crippen LogP contribution in [0.2, 0.25) is 0 Å². The molecule has 0 aromatic heterocycles. The van der Waals surface area contributed by atoms with Crippen molar-refractivity contribution in [2.45, 2.75) is 38.3 Å². The second-order valence-corrected chi connectivity index (χ2v) is 8.71. The van der Waals surface area contributed by atoms with E-state index < -0.39 is 0 Å². The highest BCUT2D eigenvalue weighted by Gasteiger charge is 2.35. The molecule has 1 amide bonds. The van der Waals surface area contributed by atoms with E-state index in [1.165, 1.54) is 19.4 Å². The van der Waals surface area contributed by atoms with E-state index in [1.807, 2.05) is 24.4 Å². The summed E-state index contributed by atoms with van der Waals surface area (Å²) in [7, 11) is 3.24. The van der Waals surface area contributed by atoms with E-state index in [-0.39, 0.29) is 11.9 Å². The number of amides is 1. The largest absolute Gasteiger partial charge is 0.493 e. The lowest BCUT2D eigenvalue weighted by Gasteiger charge is -2.41. The Morgan fingerprint density at radius 2 is 1.94 bits per heavy atom. The van der Waals surface area contributed by atoms with Crippen LogP contribution in [0.5, 0.6) is 11.5 Å². The molecular weight excluding hydrogens is 392 g/mol. The van der Waals surface area contributed by atoms with Crippen molar-refractivity contribution >= 4 is 11.7 Å². The number of piperazine rings is 1. The van der Waals surface area contributed by atoms with Gasteiger partial charge in [0.25, 0.3) is 0 Å². The van der Waals surface area contributed by atoms with Crippen LogP contribution in [-0.2, 0) is 4.79 Å². The number of aliphatic imine (C=N–C) groups is 1. The van der Waals surface area contributed by atoms with Crippen LogP contribution in [0.3, 0.4) is 0 Å². The molecule has 2 atom stereocenters. The van der Waals surface area contributed by atoms with Crippen LogP contribution >= 0.6 is 0 Å². The van der Waals surface area contributed by atoms with Crippen molar-refractivity contribution in [1.29, 1.82) is 0 Å². The van der Waals surface area contributed by atoms with Gasteiger partial charge in [-0.3, -0.25) is 19.6 Å². The molecule has 31 heavy (non-hydrogen) atoms. The van der Waals surface area contributed by atoms with E-state index in [0.29, 0.717) is 24.0 Å². The van der Waals surface area contributed by atoms with Gasteiger partial charge >= 0.3 is 0 Å². The number of carbonyl (C=O) groups excluding carboxylic acids is 1. The molecule has 164 valence electrons. The van der Waals surface area contributed by atoms with Gasteiger partial charge in [-0.1, -0.05) is 6.07 Å². The minimum atomic E-state index is -0.223. The molecule has 1 unspecified atom stereocenters. The van der Waals surface area contributed by atoms with Crippen LogP contribution in [0.25, 0.3) is 0 Å². The van der Waals surface area contributed by atoms with Crippen molar-refractivity contribution in [3.05, 3.63) is 47.3 Å². The van der Waals surface area contributed by atoms with Gasteiger partial charge in [-0.25, -0.2) is 0 Å². The molecule has 0 N–H and O–H groups in total. The lowest BCUT2D eigenvalue weighted by molar-refractivity contribution is -0.126. The van der Waals surface area contributed by atoms with E-state index in [2.05, 4.69) is 22.8 Å². The Hall–Kier alpha value is -2.80. The smallest absolute Gasteiger partial charge is 0.234 e. The fraction of sp³-hybridized carbons (Fsp3) is 0.500. The molecule has 1 aromatic rings. The Morgan fingerprint density at radius 1 is 1.10 bits per heavy atom. The molecule has 0 saturated carbocycles. The average Bonchev–Trinajstić information content (AvgIpc) is 3.27. The van der Waals surface area contributed by atoms with Gasteiger partial charge in [0.15, 0.2) is 11.5 Å². The highest BCUT2D eigenvalue weighted by molar-refractivity contribution is 6.11. The first kappa shape index (κ1) is 20.1. The summed E-state index contributed by atoms with van der Waals surface area (Å²) in [6.45, 7) is 6.43. The molecular formula is C24H30N4O3. The molecule has 1 aromatic carbocycles. The van der Waals surface area contributed by atoms with E-state index in [1.54, 1.807) is 19.1 Å². The standard InChI is InChI=1S/C24H30N4O3/c1-16-11-19(27-10-9-26-8-4-5-18(26)14-27)15-28-23(29)13-20(25-24(16)28)17-6-7-21(30-2)22(12-17)31-3/h6-7,11-12,15,18,20H,4-5,8-10,13-14H2,1-3H3/t18-,20?/m1/s1. The molecule has 0 spiro atoms. The summed E-state index contributed by atoms with van der Waals surface area (Å²) in [5.74, 6) is 2.15. The monoisotopic (exact) mass is 422 g/mol. The molecule has 7 heteroatoms. The number of fused-ring (bicyclic) bond motifs is 2. The van der Waals surface area contributed by atoms with Crippen LogP contribution in [0.15, 0.2) is 46.7 Å². The SMILES string of the molecule is COc1ccc(C2CC(=O)N3C=C(N4CCN5CCC[C@@H]5C4)C=C(C)C3=N2)cc1OC. The topological polar surface area (TPSA) is 57.6 Å². The first-order chi connectivity index (χ1) is 15.1. The van der Waals surface area contributed by atoms with Crippen LogP contribution < -0.4 is 9.47 Å². The summed E-state index contributed by atoms with van der Waals surface area (Å²) in [6, 6.07) is 6.17. The van der Waals surface area contributed by atoms with E-state index in [0.717, 1.165) is 42.3 Å². The van der Waals surface area contributed by atoms with Crippen LogP contribution in [0, 0.1) is 0 Å². The molecule has 4 aliphatic heterocycles. The Balaban J connectivity index is 1.40. The number of amidine groups is 1. The number of hydrogen-bond donors (Lipinski definition) is 0. The average molecular weight is 423 g/mol. The van der Waals surface area contributed by atoms with Gasteiger partial charge in [0.05, 0.1) is 32.4 Å². The zero-order valence-corrected chi connectivity index (χ0v) is 18.5. The molecule has 2 fully saturated rings. The van der Waals surface area contributed by atoms with Gasteiger partial charge in [-0.15, -0.1) is 0 Å². The summed E-state index contributed by atoms with van der Waals surface area (Å²) in [6.07, 6.45) is 7.08. The second-order valence-electron chi connectivity index (χ2n) is 8.71. The van der Waals surface area contributed by atoms with Gasteiger partial charge < -0.3 is 14.4 Å². The predicted octanol–water partition coefficient (Wildman–Crippen LogP) is 2.96. The minimum Gasteiger partial charge on any atom is -0.493 e. The van der Waals surface area contributed by atoms with Crippen LogP contribution in [0.4, 0.5) is 0 Å². The Kier molecular flexibility index (Phi) is 5.22. The number of hydrogen-bond acceptors (Lipinski definition) is 6. The number of allylic oxidation sites excluding steroid dienone is 1. The van der Waals surface area contributed by atoms with E-state index in [4.69, 9.17) is 14.5 Å². The van der Waals surface area contributed by atoms with E-state index >= 15 is 0 Å². The Bertz CT molecular complexity index is 983. The lowest BCUT2D eigenvalue weighted by atomic mass is 9.99. The van der Waals surface area contributed by atoms with Gasteiger partial charge in [0, 0.05) is 31.9 Å². The third-order valence-corrected chi connectivity index (χ3v) is 6.87. The number of rotatable bonds is 4. The van der Waals surface area contributed by atoms with Gasteiger partial charge in [0.2, 0.25) is 5.91 Å². The van der Waals surface area contributed by atoms with Crippen molar-refractivity contribution in [2.24, 2.45) is 4.99 Å². The number of carbonyl (C=O) groups is 1. The Morgan fingerprint density at radius 3 is 2.74 bits per heavy atom. The van der Waals surface area contributed by atoms with Crippen molar-refractivity contribution in [1.82, 2.24) is 14.7 Å². The summed E-state index contributed by atoms with van der Waals surface area (Å²) < 4.78 is 10.8. The lowest BCUT2D eigenvalue weighted by Crippen LogP contribution is -2.50. The third-order valence-electron chi connectivity index (χ3n) is 6.87. The first-order valence-electron chi connectivity index (χ1n) is 11.1. The van der Waals surface area contributed by atoms with Gasteiger partial charge in [-0.2, -0.15) is 0 Å². The van der Waals surface area contributed by atoms with Crippen LogP contribution in [-0.4, -0.2) is 72.9 Å². The highest BCUT2D eigenvalue weighted by atomic mass is 16.5.